The van der Waals surface area contributed by atoms with Crippen LogP contribution in [0, 0.1) is 20.8 Å². The van der Waals surface area contributed by atoms with Gasteiger partial charge in [0.1, 0.15) is 5.75 Å². The normalized spacial score (nSPS) is 17.0. The van der Waals surface area contributed by atoms with E-state index in [0.29, 0.717) is 5.56 Å². The van der Waals surface area contributed by atoms with Crippen molar-refractivity contribution in [3.8, 4) is 16.9 Å². The number of ether oxygens (including phenoxy) is 3. The van der Waals surface area contributed by atoms with Crippen LogP contribution in [0.25, 0.3) is 11.1 Å². The molecule has 0 N–H and O–H groups in total. The van der Waals surface area contributed by atoms with Crippen molar-refractivity contribution in [1.29, 1.82) is 0 Å². The van der Waals surface area contributed by atoms with Gasteiger partial charge in [0.05, 0.1) is 19.3 Å². The average molecular weight is 354 g/mol. The second-order valence-electron chi connectivity index (χ2n) is 6.82. The predicted octanol–water partition coefficient (Wildman–Crippen LogP) is 4.97. The third kappa shape index (κ3) is 3.75. The van der Waals surface area contributed by atoms with Gasteiger partial charge >= 0.3 is 5.97 Å². The minimum Gasteiger partial charge on any atom is -0.465 e. The van der Waals surface area contributed by atoms with E-state index in [-0.39, 0.29) is 12.3 Å². The van der Waals surface area contributed by atoms with Crippen LogP contribution in [0.15, 0.2) is 30.3 Å². The maximum atomic E-state index is 12.0. The van der Waals surface area contributed by atoms with Crippen LogP contribution in [0.5, 0.6) is 5.75 Å². The molecule has 0 amide bonds. The maximum Gasteiger partial charge on any atom is 0.338 e. The van der Waals surface area contributed by atoms with E-state index >= 15 is 0 Å². The molecule has 4 nitrogen and oxygen atoms in total. The Morgan fingerprint density at radius 3 is 2.46 bits per heavy atom. The van der Waals surface area contributed by atoms with Crippen molar-refractivity contribution in [2.45, 2.75) is 46.3 Å². The van der Waals surface area contributed by atoms with Gasteiger partial charge in [0.2, 0.25) is 0 Å². The fourth-order valence-corrected chi connectivity index (χ4v) is 3.61. The molecular weight excluding hydrogens is 328 g/mol. The zero-order chi connectivity index (χ0) is 18.7. The van der Waals surface area contributed by atoms with E-state index in [1.807, 2.05) is 31.2 Å². The molecule has 2 aromatic carbocycles. The third-order valence-electron chi connectivity index (χ3n) is 4.92. The molecule has 2 aromatic rings. The lowest BCUT2D eigenvalue weighted by Crippen LogP contribution is -2.25. The zero-order valence-corrected chi connectivity index (χ0v) is 15.9. The lowest BCUT2D eigenvalue weighted by atomic mass is 9.90. The van der Waals surface area contributed by atoms with Crippen LogP contribution in [0.2, 0.25) is 0 Å². The Labute approximate surface area is 155 Å². The van der Waals surface area contributed by atoms with Crippen molar-refractivity contribution in [2.75, 3.05) is 13.7 Å². The molecule has 26 heavy (non-hydrogen) atoms. The molecule has 1 fully saturated rings. The first-order chi connectivity index (χ1) is 12.5. The van der Waals surface area contributed by atoms with Crippen LogP contribution in [-0.4, -0.2) is 26.0 Å². The van der Waals surface area contributed by atoms with Crippen LogP contribution < -0.4 is 4.74 Å². The van der Waals surface area contributed by atoms with Crippen molar-refractivity contribution >= 4 is 5.97 Å². The van der Waals surface area contributed by atoms with E-state index in [9.17, 15) is 4.79 Å². The van der Waals surface area contributed by atoms with Gasteiger partial charge in [-0.25, -0.2) is 4.79 Å². The number of carbonyl (C=O) groups is 1. The summed E-state index contributed by atoms with van der Waals surface area (Å²) in [5.74, 6) is 0.520. The van der Waals surface area contributed by atoms with Gasteiger partial charge in [-0.3, -0.25) is 0 Å². The molecule has 1 heterocycles. The molecule has 0 aliphatic carbocycles. The highest BCUT2D eigenvalue weighted by Crippen LogP contribution is 2.35. The molecule has 0 aromatic heterocycles. The molecule has 0 bridgehead atoms. The number of benzene rings is 2. The minimum atomic E-state index is -0.311. The summed E-state index contributed by atoms with van der Waals surface area (Å²) in [4.78, 5) is 12.0. The summed E-state index contributed by atoms with van der Waals surface area (Å²) >= 11 is 0. The number of esters is 1. The monoisotopic (exact) mass is 354 g/mol. The Kier molecular flexibility index (Phi) is 5.62. The second kappa shape index (κ2) is 7.92. The van der Waals surface area contributed by atoms with E-state index in [1.165, 1.54) is 7.11 Å². The number of rotatable bonds is 4. The van der Waals surface area contributed by atoms with Crippen molar-refractivity contribution in [1.82, 2.24) is 0 Å². The van der Waals surface area contributed by atoms with Gasteiger partial charge in [-0.15, -0.1) is 0 Å². The topological polar surface area (TPSA) is 44.8 Å². The van der Waals surface area contributed by atoms with Crippen molar-refractivity contribution < 1.29 is 19.0 Å². The van der Waals surface area contributed by atoms with E-state index < -0.39 is 0 Å². The second-order valence-corrected chi connectivity index (χ2v) is 6.82. The maximum absolute atomic E-state index is 12.0. The summed E-state index contributed by atoms with van der Waals surface area (Å²) in [7, 11) is 1.41. The summed E-state index contributed by atoms with van der Waals surface area (Å²) in [6.45, 7) is 6.86. The highest BCUT2D eigenvalue weighted by atomic mass is 16.7. The lowest BCUT2D eigenvalue weighted by Gasteiger charge is -2.24. The molecule has 138 valence electrons. The predicted molar refractivity (Wildman–Crippen MR) is 102 cm³/mol. The molecule has 0 radical (unpaired) electrons. The number of hydrogen-bond acceptors (Lipinski definition) is 4. The third-order valence-corrected chi connectivity index (χ3v) is 4.92. The zero-order valence-electron chi connectivity index (χ0n) is 15.9. The van der Waals surface area contributed by atoms with Gasteiger partial charge in [0.15, 0.2) is 6.29 Å². The number of methoxy groups -OCH3 is 1. The molecule has 4 heteroatoms. The average Bonchev–Trinajstić information content (AvgIpc) is 2.63. The number of hydrogen-bond donors (Lipinski definition) is 0. The number of aryl methyl sites for hydroxylation is 2. The Morgan fingerprint density at radius 2 is 1.85 bits per heavy atom. The van der Waals surface area contributed by atoms with E-state index in [4.69, 9.17) is 14.2 Å². The Hall–Kier alpha value is -2.33. The summed E-state index contributed by atoms with van der Waals surface area (Å²) in [5.41, 5.74) is 5.92. The fraction of sp³-hybridized carbons (Fsp3) is 0.409. The van der Waals surface area contributed by atoms with Crippen molar-refractivity contribution in [3.05, 3.63) is 52.6 Å². The first-order valence-electron chi connectivity index (χ1n) is 9.09. The first kappa shape index (κ1) is 18.5. The van der Waals surface area contributed by atoms with Crippen LogP contribution in [0.3, 0.4) is 0 Å². The highest BCUT2D eigenvalue weighted by molar-refractivity contribution is 5.94. The molecule has 1 aliphatic heterocycles. The Morgan fingerprint density at radius 1 is 1.12 bits per heavy atom. The fourth-order valence-electron chi connectivity index (χ4n) is 3.61. The Balaban J connectivity index is 1.95. The van der Waals surface area contributed by atoms with Crippen LogP contribution in [-0.2, 0) is 9.47 Å². The molecule has 0 saturated carbocycles. The summed E-state index contributed by atoms with van der Waals surface area (Å²) in [5, 5.41) is 0. The van der Waals surface area contributed by atoms with Crippen molar-refractivity contribution in [3.63, 3.8) is 0 Å². The molecule has 0 spiro atoms. The quantitative estimate of drug-likeness (QED) is 0.727. The molecule has 1 unspecified atom stereocenters. The van der Waals surface area contributed by atoms with Gasteiger partial charge in [-0.2, -0.15) is 0 Å². The van der Waals surface area contributed by atoms with Gasteiger partial charge in [-0.1, -0.05) is 12.1 Å². The van der Waals surface area contributed by atoms with Crippen LogP contribution in [0.4, 0.5) is 0 Å². The van der Waals surface area contributed by atoms with E-state index in [1.54, 1.807) is 6.07 Å². The first-order valence-corrected chi connectivity index (χ1v) is 9.09. The number of carbonyl (C=O) groups excluding carboxylic acids is 1. The molecule has 1 atom stereocenters. The Bertz CT molecular complexity index is 781. The van der Waals surface area contributed by atoms with Crippen LogP contribution in [0.1, 0.15) is 46.3 Å². The minimum absolute atomic E-state index is 0.155. The molecule has 3 rings (SSSR count). The molecule has 1 saturated heterocycles. The molecule has 1 aliphatic rings. The lowest BCUT2D eigenvalue weighted by molar-refractivity contribution is -0.105. The standard InChI is InChI=1S/C22H26O4/c1-14-12-17(26-20-10-5-6-11-25-20)13-15(2)21(14)18-8-7-9-19(16(18)3)22(23)24-4/h7-9,12-13,20H,5-6,10-11H2,1-4H3. The van der Waals surface area contributed by atoms with Crippen molar-refractivity contribution in [2.24, 2.45) is 0 Å². The largest absolute Gasteiger partial charge is 0.465 e. The summed E-state index contributed by atoms with van der Waals surface area (Å²) in [6, 6.07) is 9.83. The van der Waals surface area contributed by atoms with Gasteiger partial charge in [-0.05, 0) is 79.6 Å². The smallest absolute Gasteiger partial charge is 0.338 e. The van der Waals surface area contributed by atoms with E-state index in [2.05, 4.69) is 13.8 Å². The highest BCUT2D eigenvalue weighted by Gasteiger charge is 2.18. The molecular formula is C22H26O4. The SMILES string of the molecule is COC(=O)c1cccc(-c2c(C)cc(OC3CCCCO3)cc2C)c1C. The van der Waals surface area contributed by atoms with E-state index in [0.717, 1.165) is 59.4 Å². The summed E-state index contributed by atoms with van der Waals surface area (Å²) in [6.07, 6.45) is 3.02. The summed E-state index contributed by atoms with van der Waals surface area (Å²) < 4.78 is 16.6. The van der Waals surface area contributed by atoms with Gasteiger partial charge in [0.25, 0.3) is 0 Å². The van der Waals surface area contributed by atoms with Crippen LogP contribution >= 0.6 is 0 Å². The van der Waals surface area contributed by atoms with Gasteiger partial charge in [0, 0.05) is 6.42 Å². The van der Waals surface area contributed by atoms with Gasteiger partial charge < -0.3 is 14.2 Å².